The first-order valence-corrected chi connectivity index (χ1v) is 7.77. The van der Waals surface area contributed by atoms with Gasteiger partial charge in [0, 0.05) is 7.05 Å². The van der Waals surface area contributed by atoms with Crippen LogP contribution in [0.3, 0.4) is 0 Å². The number of hydrogen-bond donors (Lipinski definition) is 0. The van der Waals surface area contributed by atoms with Crippen molar-refractivity contribution in [1.29, 1.82) is 0 Å². The maximum absolute atomic E-state index is 12.3. The molecule has 1 aromatic carbocycles. The lowest BCUT2D eigenvalue weighted by Crippen LogP contribution is -2.26. The Bertz CT molecular complexity index is 711. The molecular formula is C15H14N2O4S. The van der Waals surface area contributed by atoms with Crippen LogP contribution in [0.1, 0.15) is 6.92 Å². The number of aliphatic imine (C=N–C) groups is 1. The summed E-state index contributed by atoms with van der Waals surface area (Å²) in [5.74, 6) is 0.262. The quantitative estimate of drug-likeness (QED) is 0.780. The summed E-state index contributed by atoms with van der Waals surface area (Å²) in [6.07, 6.45) is 0. The molecular weight excluding hydrogens is 304 g/mol. The number of carbonyl (C=O) groups is 2. The summed E-state index contributed by atoms with van der Waals surface area (Å²) < 4.78 is 10.9. The lowest BCUT2D eigenvalue weighted by molar-refractivity contribution is -0.138. The van der Waals surface area contributed by atoms with Crippen molar-refractivity contribution in [3.63, 3.8) is 0 Å². The number of fused-ring (bicyclic) bond motifs is 3. The molecule has 3 rings (SSSR count). The largest absolute Gasteiger partial charge is 0.462 e. The van der Waals surface area contributed by atoms with Crippen molar-refractivity contribution in [3.8, 4) is 5.75 Å². The van der Waals surface area contributed by atoms with E-state index < -0.39 is 5.97 Å². The lowest BCUT2D eigenvalue weighted by atomic mass is 10.2. The smallest absolute Gasteiger partial charge is 0.346 e. The molecule has 0 N–H and O–H groups in total. The Hall–Kier alpha value is -2.28. The zero-order chi connectivity index (χ0) is 15.7. The van der Waals surface area contributed by atoms with Gasteiger partial charge in [-0.2, -0.15) is 0 Å². The van der Waals surface area contributed by atoms with Crippen LogP contribution in [0.5, 0.6) is 5.75 Å². The van der Waals surface area contributed by atoms with Crippen LogP contribution in [-0.2, 0) is 14.3 Å². The molecule has 6 nitrogen and oxygen atoms in total. The highest BCUT2D eigenvalue weighted by Gasteiger charge is 2.39. The molecule has 0 aliphatic carbocycles. The van der Waals surface area contributed by atoms with Crippen LogP contribution in [0, 0.1) is 0 Å². The van der Waals surface area contributed by atoms with E-state index in [2.05, 4.69) is 4.99 Å². The molecule has 1 amide bonds. The van der Waals surface area contributed by atoms with Gasteiger partial charge in [0.1, 0.15) is 5.03 Å². The molecule has 1 saturated heterocycles. The van der Waals surface area contributed by atoms with Crippen LogP contribution in [-0.4, -0.2) is 37.2 Å². The SMILES string of the molecule is CCOC(=O)C1=C2SCC(=O)N2c2ccccc2OC1=NC. The fourth-order valence-corrected chi connectivity index (χ4v) is 3.34. The van der Waals surface area contributed by atoms with Gasteiger partial charge in [-0.1, -0.05) is 23.9 Å². The number of anilines is 1. The number of amides is 1. The van der Waals surface area contributed by atoms with Gasteiger partial charge in [-0.05, 0) is 19.1 Å². The van der Waals surface area contributed by atoms with Crippen LogP contribution in [0.15, 0.2) is 39.9 Å². The molecule has 2 aliphatic rings. The Labute approximate surface area is 131 Å². The number of para-hydroxylation sites is 2. The Balaban J connectivity index is 2.22. The van der Waals surface area contributed by atoms with Crippen molar-refractivity contribution in [1.82, 2.24) is 0 Å². The van der Waals surface area contributed by atoms with Gasteiger partial charge in [-0.25, -0.2) is 4.79 Å². The first-order chi connectivity index (χ1) is 10.7. The van der Waals surface area contributed by atoms with Crippen molar-refractivity contribution in [2.75, 3.05) is 24.3 Å². The average Bonchev–Trinajstić information content (AvgIpc) is 2.81. The highest BCUT2D eigenvalue weighted by Crippen LogP contribution is 2.43. The van der Waals surface area contributed by atoms with E-state index >= 15 is 0 Å². The third kappa shape index (κ3) is 2.27. The van der Waals surface area contributed by atoms with Crippen LogP contribution >= 0.6 is 11.8 Å². The van der Waals surface area contributed by atoms with Crippen molar-refractivity contribution >= 4 is 35.2 Å². The monoisotopic (exact) mass is 318 g/mol. The zero-order valence-electron chi connectivity index (χ0n) is 12.2. The van der Waals surface area contributed by atoms with E-state index in [9.17, 15) is 9.59 Å². The molecule has 0 spiro atoms. The summed E-state index contributed by atoms with van der Waals surface area (Å²) in [5.41, 5.74) is 0.796. The van der Waals surface area contributed by atoms with Gasteiger partial charge in [-0.15, -0.1) is 0 Å². The molecule has 7 heteroatoms. The first-order valence-electron chi connectivity index (χ1n) is 6.78. The Morgan fingerprint density at radius 2 is 2.23 bits per heavy atom. The van der Waals surface area contributed by atoms with Gasteiger partial charge >= 0.3 is 5.97 Å². The topological polar surface area (TPSA) is 68.2 Å². The summed E-state index contributed by atoms with van der Waals surface area (Å²) in [4.78, 5) is 30.2. The summed E-state index contributed by atoms with van der Waals surface area (Å²) in [7, 11) is 1.54. The predicted octanol–water partition coefficient (Wildman–Crippen LogP) is 1.96. The molecule has 1 aromatic rings. The molecule has 114 valence electrons. The number of ether oxygens (including phenoxy) is 2. The standard InChI is InChI=1S/C15H14N2O4S/c1-3-20-15(19)12-13(16-2)21-10-7-5-4-6-9(10)17-11(18)8-22-14(12)17/h4-7H,3,8H2,1-2H3. The molecule has 22 heavy (non-hydrogen) atoms. The molecule has 0 saturated carbocycles. The number of hydrogen-bond acceptors (Lipinski definition) is 6. The summed E-state index contributed by atoms with van der Waals surface area (Å²) >= 11 is 1.29. The van der Waals surface area contributed by atoms with E-state index in [-0.39, 0.29) is 29.7 Å². The Morgan fingerprint density at radius 3 is 2.95 bits per heavy atom. The number of benzene rings is 1. The fourth-order valence-electron chi connectivity index (χ4n) is 2.31. The van der Waals surface area contributed by atoms with Crippen LogP contribution in [0.4, 0.5) is 5.69 Å². The second kappa shape index (κ2) is 5.84. The molecule has 0 bridgehead atoms. The number of esters is 1. The van der Waals surface area contributed by atoms with Crippen molar-refractivity contribution < 1.29 is 19.1 Å². The summed E-state index contributed by atoms with van der Waals surface area (Å²) in [6.45, 7) is 1.96. The maximum Gasteiger partial charge on any atom is 0.346 e. The summed E-state index contributed by atoms with van der Waals surface area (Å²) in [5, 5.41) is 0.508. The Kier molecular flexibility index (Phi) is 3.89. The lowest BCUT2D eigenvalue weighted by Gasteiger charge is -2.17. The molecule has 2 aliphatic heterocycles. The van der Waals surface area contributed by atoms with E-state index in [4.69, 9.17) is 9.47 Å². The third-order valence-electron chi connectivity index (χ3n) is 3.21. The normalized spacial score (nSPS) is 18.7. The Morgan fingerprint density at radius 1 is 1.45 bits per heavy atom. The minimum atomic E-state index is -0.543. The van der Waals surface area contributed by atoms with Crippen molar-refractivity contribution in [2.45, 2.75) is 6.92 Å². The minimum absolute atomic E-state index is 0.102. The van der Waals surface area contributed by atoms with Gasteiger partial charge in [0.15, 0.2) is 11.3 Å². The van der Waals surface area contributed by atoms with Gasteiger partial charge in [-0.3, -0.25) is 14.7 Å². The van der Waals surface area contributed by atoms with Gasteiger partial charge in [0.2, 0.25) is 11.8 Å². The molecule has 0 aromatic heterocycles. The van der Waals surface area contributed by atoms with Gasteiger partial charge < -0.3 is 9.47 Å². The van der Waals surface area contributed by atoms with Crippen molar-refractivity contribution in [3.05, 3.63) is 34.9 Å². The summed E-state index contributed by atoms with van der Waals surface area (Å²) in [6, 6.07) is 7.13. The van der Waals surface area contributed by atoms with Crippen LogP contribution < -0.4 is 9.64 Å². The van der Waals surface area contributed by atoms with E-state index in [1.165, 1.54) is 23.7 Å². The van der Waals surface area contributed by atoms with E-state index in [0.29, 0.717) is 16.5 Å². The molecule has 0 unspecified atom stereocenters. The third-order valence-corrected chi connectivity index (χ3v) is 4.26. The van der Waals surface area contributed by atoms with Crippen LogP contribution in [0.25, 0.3) is 0 Å². The van der Waals surface area contributed by atoms with Gasteiger partial charge in [0.25, 0.3) is 0 Å². The number of carbonyl (C=O) groups excluding carboxylic acids is 2. The molecule has 1 fully saturated rings. The van der Waals surface area contributed by atoms with E-state index in [1.807, 2.05) is 6.07 Å². The van der Waals surface area contributed by atoms with Crippen LogP contribution in [0.2, 0.25) is 0 Å². The predicted molar refractivity (Wildman–Crippen MR) is 84.0 cm³/mol. The highest BCUT2D eigenvalue weighted by molar-refractivity contribution is 8.04. The first kappa shape index (κ1) is 14.6. The fraction of sp³-hybridized carbons (Fsp3) is 0.267. The second-order valence-corrected chi connectivity index (χ2v) is 5.48. The minimum Gasteiger partial charge on any atom is -0.462 e. The molecule has 0 radical (unpaired) electrons. The van der Waals surface area contributed by atoms with E-state index in [1.54, 1.807) is 25.1 Å². The molecule has 0 atom stereocenters. The number of thioether (sulfide) groups is 1. The van der Waals surface area contributed by atoms with Crippen molar-refractivity contribution in [2.24, 2.45) is 4.99 Å². The number of rotatable bonds is 2. The van der Waals surface area contributed by atoms with Gasteiger partial charge in [0.05, 0.1) is 18.0 Å². The molecule has 2 heterocycles. The number of nitrogens with zero attached hydrogens (tertiary/aromatic N) is 2. The highest BCUT2D eigenvalue weighted by atomic mass is 32.2. The van der Waals surface area contributed by atoms with E-state index in [0.717, 1.165) is 0 Å². The second-order valence-electron chi connectivity index (χ2n) is 4.52. The zero-order valence-corrected chi connectivity index (χ0v) is 13.0. The maximum atomic E-state index is 12.3. The average molecular weight is 318 g/mol.